The van der Waals surface area contributed by atoms with E-state index < -0.39 is 9.84 Å². The van der Waals surface area contributed by atoms with Gasteiger partial charge in [0, 0.05) is 6.26 Å². The summed E-state index contributed by atoms with van der Waals surface area (Å²) in [4.78, 5) is 0.287. The molecule has 4 nitrogen and oxygen atoms in total. The van der Waals surface area contributed by atoms with E-state index >= 15 is 0 Å². The van der Waals surface area contributed by atoms with Gasteiger partial charge in [0.1, 0.15) is 0 Å². The van der Waals surface area contributed by atoms with E-state index in [4.69, 9.17) is 0 Å². The van der Waals surface area contributed by atoms with Crippen LogP contribution in [0.4, 0.5) is 0 Å². The molecule has 5 heteroatoms. The molecule has 0 atom stereocenters. The third-order valence-electron chi connectivity index (χ3n) is 2.65. The summed E-state index contributed by atoms with van der Waals surface area (Å²) in [6, 6.07) is 0. The Morgan fingerprint density at radius 1 is 1.36 bits per heavy atom. The third-order valence-corrected chi connectivity index (χ3v) is 3.80. The molecule has 0 amide bonds. The minimum atomic E-state index is -3.20. The molecule has 0 fully saturated rings. The Kier molecular flexibility index (Phi) is 2.06. The molecule has 0 saturated heterocycles. The highest BCUT2D eigenvalue weighted by Crippen LogP contribution is 2.28. The van der Waals surface area contributed by atoms with Crippen molar-refractivity contribution in [2.24, 2.45) is 0 Å². The highest BCUT2D eigenvalue weighted by atomic mass is 32.2. The normalized spacial score (nSPS) is 16.6. The van der Waals surface area contributed by atoms with E-state index in [9.17, 15) is 13.6 Å². The fraction of sp³-hybridized carbons (Fsp3) is 0.556. The van der Waals surface area contributed by atoms with Crippen molar-refractivity contribution in [3.8, 4) is 0 Å². The molecular weight excluding hydrogens is 202 g/mol. The Labute approximate surface area is 83.0 Å². The maximum absolute atomic E-state index is 11.4. The first-order chi connectivity index (χ1) is 6.50. The number of sulfone groups is 1. The average Bonchev–Trinajstić information content (AvgIpc) is 2.44. The Morgan fingerprint density at radius 3 is 2.64 bits per heavy atom. The van der Waals surface area contributed by atoms with Crippen LogP contribution in [0, 0.1) is 0 Å². The molecule has 0 saturated carbocycles. The third kappa shape index (κ3) is 1.41. The van der Waals surface area contributed by atoms with E-state index in [0.29, 0.717) is 0 Å². The second-order valence-corrected chi connectivity index (χ2v) is 5.73. The van der Waals surface area contributed by atoms with Crippen molar-refractivity contribution in [3.63, 3.8) is 0 Å². The number of aromatic nitrogens is 1. The molecule has 1 aliphatic carbocycles. The lowest BCUT2D eigenvalue weighted by Crippen LogP contribution is -2.07. The lowest BCUT2D eigenvalue weighted by atomic mass is 9.98. The summed E-state index contributed by atoms with van der Waals surface area (Å²) >= 11 is 0. The summed E-state index contributed by atoms with van der Waals surface area (Å²) in [7, 11) is -3.20. The highest BCUT2D eigenvalue weighted by Gasteiger charge is 2.24. The van der Waals surface area contributed by atoms with E-state index in [1.165, 1.54) is 12.5 Å². The van der Waals surface area contributed by atoms with Crippen molar-refractivity contribution in [1.82, 2.24) is 4.73 Å². The van der Waals surface area contributed by atoms with Crippen LogP contribution in [0.15, 0.2) is 11.1 Å². The average molecular weight is 215 g/mol. The van der Waals surface area contributed by atoms with Gasteiger partial charge in [-0.15, -0.1) is 0 Å². The second kappa shape index (κ2) is 3.02. The fourth-order valence-corrected chi connectivity index (χ4v) is 2.95. The summed E-state index contributed by atoms with van der Waals surface area (Å²) in [5, 5.41) is 9.49. The van der Waals surface area contributed by atoms with Gasteiger partial charge in [-0.2, -0.15) is 4.73 Å². The molecule has 0 unspecified atom stereocenters. The monoisotopic (exact) mass is 215 g/mol. The van der Waals surface area contributed by atoms with Gasteiger partial charge in [0.15, 0.2) is 9.84 Å². The number of fused-ring (bicyclic) bond motifs is 1. The van der Waals surface area contributed by atoms with Gasteiger partial charge in [0.2, 0.25) is 0 Å². The number of hydrogen-bond donors (Lipinski definition) is 1. The largest absolute Gasteiger partial charge is 0.429 e. The molecular formula is C9H13NO3S. The molecule has 0 spiro atoms. The first kappa shape index (κ1) is 9.58. The van der Waals surface area contributed by atoms with E-state index in [1.54, 1.807) is 0 Å². The lowest BCUT2D eigenvalue weighted by Gasteiger charge is -2.12. The first-order valence-electron chi connectivity index (χ1n) is 4.62. The van der Waals surface area contributed by atoms with Gasteiger partial charge in [-0.3, -0.25) is 0 Å². The van der Waals surface area contributed by atoms with E-state index in [-0.39, 0.29) is 4.90 Å². The van der Waals surface area contributed by atoms with Gasteiger partial charge in [-0.25, -0.2) is 8.42 Å². The van der Waals surface area contributed by atoms with Crippen LogP contribution < -0.4 is 0 Å². The Morgan fingerprint density at radius 2 is 2.00 bits per heavy atom. The first-order valence-corrected chi connectivity index (χ1v) is 6.51. The predicted octanol–water partition coefficient (Wildman–Crippen LogP) is 1.01. The minimum Gasteiger partial charge on any atom is -0.429 e. The topological polar surface area (TPSA) is 59.3 Å². The quantitative estimate of drug-likeness (QED) is 0.711. The molecule has 2 rings (SSSR count). The summed E-state index contributed by atoms with van der Waals surface area (Å²) in [6.07, 6.45) is 6.02. The zero-order valence-electron chi connectivity index (χ0n) is 8.02. The molecule has 14 heavy (non-hydrogen) atoms. The van der Waals surface area contributed by atoms with Crippen LogP contribution in [0.1, 0.15) is 24.1 Å². The van der Waals surface area contributed by atoms with Crippen molar-refractivity contribution >= 4 is 9.84 Å². The summed E-state index contributed by atoms with van der Waals surface area (Å²) < 4.78 is 23.8. The Bertz CT molecular complexity index is 459. The predicted molar refractivity (Wildman–Crippen MR) is 51.4 cm³/mol. The van der Waals surface area contributed by atoms with Crippen molar-refractivity contribution in [2.75, 3.05) is 6.26 Å². The maximum Gasteiger partial charge on any atom is 0.177 e. The van der Waals surface area contributed by atoms with E-state index in [2.05, 4.69) is 0 Å². The number of rotatable bonds is 1. The van der Waals surface area contributed by atoms with Gasteiger partial charge in [0.25, 0.3) is 0 Å². The number of hydrogen-bond acceptors (Lipinski definition) is 3. The molecule has 1 heterocycles. The Hall–Kier alpha value is -0.970. The van der Waals surface area contributed by atoms with Crippen LogP contribution in [0.3, 0.4) is 0 Å². The van der Waals surface area contributed by atoms with Crippen LogP contribution >= 0.6 is 0 Å². The van der Waals surface area contributed by atoms with Crippen LogP contribution in [-0.2, 0) is 22.7 Å². The fourth-order valence-electron chi connectivity index (χ4n) is 1.99. The standard InChI is InChI=1S/C9H13NO3S/c1-14(12,13)9-6-10(11)8-5-3-2-4-7(8)9/h6,11H,2-5H2,1H3. The van der Waals surface area contributed by atoms with Crippen molar-refractivity contribution in [1.29, 1.82) is 0 Å². The van der Waals surface area contributed by atoms with Crippen molar-refractivity contribution in [2.45, 2.75) is 30.6 Å². The van der Waals surface area contributed by atoms with Crippen LogP contribution in [0.25, 0.3) is 0 Å². The molecule has 0 bridgehead atoms. The zero-order chi connectivity index (χ0) is 10.3. The van der Waals surface area contributed by atoms with Crippen molar-refractivity contribution in [3.05, 3.63) is 17.5 Å². The molecule has 1 aromatic rings. The van der Waals surface area contributed by atoms with Crippen LogP contribution in [0.5, 0.6) is 0 Å². The zero-order valence-corrected chi connectivity index (χ0v) is 8.84. The van der Waals surface area contributed by atoms with Gasteiger partial charge < -0.3 is 5.21 Å². The molecule has 1 aliphatic rings. The molecule has 1 aromatic heterocycles. The molecule has 0 aromatic carbocycles. The molecule has 0 aliphatic heterocycles. The summed E-state index contributed by atoms with van der Waals surface area (Å²) in [6.45, 7) is 0. The Balaban J connectivity index is 2.64. The van der Waals surface area contributed by atoms with Crippen LogP contribution in [0.2, 0.25) is 0 Å². The van der Waals surface area contributed by atoms with Crippen LogP contribution in [-0.4, -0.2) is 24.6 Å². The second-order valence-electron chi connectivity index (χ2n) is 3.74. The summed E-state index contributed by atoms with van der Waals surface area (Å²) in [5.41, 5.74) is 1.57. The van der Waals surface area contributed by atoms with Gasteiger partial charge >= 0.3 is 0 Å². The lowest BCUT2D eigenvalue weighted by molar-refractivity contribution is 0.175. The summed E-state index contributed by atoms with van der Waals surface area (Å²) in [5.74, 6) is 0. The van der Waals surface area contributed by atoms with Gasteiger partial charge in [-0.05, 0) is 31.2 Å². The molecule has 0 radical (unpaired) electrons. The number of nitrogens with zero attached hydrogens (tertiary/aromatic N) is 1. The van der Waals surface area contributed by atoms with Crippen molar-refractivity contribution < 1.29 is 13.6 Å². The van der Waals surface area contributed by atoms with E-state index in [0.717, 1.165) is 41.7 Å². The van der Waals surface area contributed by atoms with E-state index in [1.807, 2.05) is 0 Å². The minimum absolute atomic E-state index is 0.287. The molecule has 1 N–H and O–H groups in total. The SMILES string of the molecule is CS(=O)(=O)c1cn(O)c2c1CCCC2. The van der Waals surface area contributed by atoms with Gasteiger partial charge in [0.05, 0.1) is 16.8 Å². The molecule has 78 valence electrons. The maximum atomic E-state index is 11.4. The smallest absolute Gasteiger partial charge is 0.177 e. The highest BCUT2D eigenvalue weighted by molar-refractivity contribution is 7.90. The van der Waals surface area contributed by atoms with Gasteiger partial charge in [-0.1, -0.05) is 0 Å².